The molecule has 1 aromatic carbocycles. The number of nitriles is 1. The van der Waals surface area contributed by atoms with Gasteiger partial charge in [-0.3, -0.25) is 0 Å². The molecule has 0 aliphatic heterocycles. The van der Waals surface area contributed by atoms with Gasteiger partial charge in [-0.2, -0.15) is 18.4 Å². The van der Waals surface area contributed by atoms with Gasteiger partial charge in [-0.25, -0.2) is 0 Å². The largest absolute Gasteiger partial charge is 0.481 e. The smallest absolute Gasteiger partial charge is 0.416 e. The van der Waals surface area contributed by atoms with E-state index in [0.717, 1.165) is 12.1 Å². The third-order valence-corrected chi connectivity index (χ3v) is 2.76. The number of nitrogens with zero attached hydrogens (tertiary/aromatic N) is 1. The Bertz CT molecular complexity index is 636. The van der Waals surface area contributed by atoms with Gasteiger partial charge in [0.25, 0.3) is 5.95 Å². The molecule has 1 N–H and O–H groups in total. The van der Waals surface area contributed by atoms with Crippen LogP contribution in [0.15, 0.2) is 30.2 Å². The van der Waals surface area contributed by atoms with Crippen molar-refractivity contribution in [3.63, 3.8) is 0 Å². The van der Waals surface area contributed by atoms with Crippen molar-refractivity contribution in [3.8, 4) is 6.07 Å². The zero-order valence-electron chi connectivity index (χ0n) is 9.75. The lowest BCUT2D eigenvalue weighted by atomic mass is 10.0. The van der Waals surface area contributed by atoms with E-state index in [1.165, 1.54) is 19.3 Å². The number of methoxy groups -OCH3 is 1. The number of hydrogen-bond acceptors (Lipinski definition) is 3. The molecule has 0 fully saturated rings. The number of ether oxygens (including phenoxy) is 1. The topological polar surface area (TPSA) is 53.2 Å². The van der Waals surface area contributed by atoms with Crippen molar-refractivity contribution >= 4 is 11.1 Å². The lowest BCUT2D eigenvalue weighted by Crippen LogP contribution is -2.05. The molecule has 0 heterocycles. The SMILES string of the molecule is CO/C(O)=C1\C=C(C#N)c2ccc(C(F)(F)F)cc21. The fraction of sp³-hybridized carbons (Fsp3) is 0.154. The van der Waals surface area contributed by atoms with Gasteiger partial charge in [-0.1, -0.05) is 6.07 Å². The molecule has 0 amide bonds. The average Bonchev–Trinajstić information content (AvgIpc) is 2.74. The molecule has 0 saturated carbocycles. The predicted octanol–water partition coefficient (Wildman–Crippen LogP) is 3.50. The zero-order valence-corrected chi connectivity index (χ0v) is 9.75. The Balaban J connectivity index is 2.67. The van der Waals surface area contributed by atoms with Gasteiger partial charge in [-0.05, 0) is 23.8 Å². The van der Waals surface area contributed by atoms with Crippen molar-refractivity contribution in [1.29, 1.82) is 5.26 Å². The molecule has 0 spiro atoms. The van der Waals surface area contributed by atoms with Crippen LogP contribution in [0.2, 0.25) is 0 Å². The zero-order chi connectivity index (χ0) is 14.2. The third kappa shape index (κ3) is 2.15. The van der Waals surface area contributed by atoms with Crippen LogP contribution in [0.25, 0.3) is 11.1 Å². The minimum atomic E-state index is -4.49. The van der Waals surface area contributed by atoms with Crippen molar-refractivity contribution in [3.05, 3.63) is 46.9 Å². The Kier molecular flexibility index (Phi) is 2.98. The van der Waals surface area contributed by atoms with E-state index >= 15 is 0 Å². The molecule has 0 saturated heterocycles. The number of rotatable bonds is 1. The minimum Gasteiger partial charge on any atom is -0.481 e. The molecule has 1 aromatic rings. The van der Waals surface area contributed by atoms with Crippen molar-refractivity contribution in [2.24, 2.45) is 0 Å². The Hall–Kier alpha value is -2.42. The summed E-state index contributed by atoms with van der Waals surface area (Å²) in [5, 5.41) is 18.5. The number of benzene rings is 1. The molecule has 19 heavy (non-hydrogen) atoms. The number of fused-ring (bicyclic) bond motifs is 1. The average molecular weight is 267 g/mol. The van der Waals surface area contributed by atoms with Crippen LogP contribution in [-0.2, 0) is 10.9 Å². The van der Waals surface area contributed by atoms with Gasteiger partial charge in [0, 0.05) is 5.56 Å². The summed E-state index contributed by atoms with van der Waals surface area (Å²) in [7, 11) is 1.19. The lowest BCUT2D eigenvalue weighted by Gasteiger charge is -2.10. The summed E-state index contributed by atoms with van der Waals surface area (Å²) >= 11 is 0. The minimum absolute atomic E-state index is 0.0696. The molecule has 2 rings (SSSR count). The van der Waals surface area contributed by atoms with Crippen molar-refractivity contribution < 1.29 is 23.0 Å². The first-order valence-electron chi connectivity index (χ1n) is 5.19. The number of allylic oxidation sites excluding steroid dienone is 3. The first kappa shape index (κ1) is 13.0. The number of halogens is 3. The molecular formula is C13H8F3NO2. The summed E-state index contributed by atoms with van der Waals surface area (Å²) in [4.78, 5) is 0. The Labute approximate surface area is 106 Å². The van der Waals surface area contributed by atoms with Gasteiger partial charge < -0.3 is 9.84 Å². The van der Waals surface area contributed by atoms with E-state index < -0.39 is 17.7 Å². The highest BCUT2D eigenvalue weighted by Crippen LogP contribution is 2.40. The van der Waals surface area contributed by atoms with Gasteiger partial charge in [0.15, 0.2) is 0 Å². The van der Waals surface area contributed by atoms with E-state index in [0.29, 0.717) is 5.56 Å². The summed E-state index contributed by atoms with van der Waals surface area (Å²) < 4.78 is 42.6. The van der Waals surface area contributed by atoms with Crippen molar-refractivity contribution in [2.75, 3.05) is 7.11 Å². The van der Waals surface area contributed by atoms with Crippen molar-refractivity contribution in [2.45, 2.75) is 6.18 Å². The molecule has 0 bridgehead atoms. The fourth-order valence-corrected chi connectivity index (χ4v) is 1.86. The second-order valence-corrected chi connectivity index (χ2v) is 3.85. The molecule has 0 aromatic heterocycles. The summed E-state index contributed by atoms with van der Waals surface area (Å²) in [6, 6.07) is 4.87. The van der Waals surface area contributed by atoms with E-state index in [9.17, 15) is 18.3 Å². The van der Waals surface area contributed by atoms with E-state index in [1.807, 2.05) is 6.07 Å². The second kappa shape index (κ2) is 4.35. The van der Waals surface area contributed by atoms with E-state index in [4.69, 9.17) is 5.26 Å². The van der Waals surface area contributed by atoms with Gasteiger partial charge in [0.05, 0.1) is 29.9 Å². The number of aliphatic hydroxyl groups excluding tert-OH is 1. The maximum Gasteiger partial charge on any atom is 0.416 e. The first-order chi connectivity index (χ1) is 8.88. The number of alkyl halides is 3. The molecule has 3 nitrogen and oxygen atoms in total. The molecular weight excluding hydrogens is 259 g/mol. The normalized spacial score (nSPS) is 16.5. The van der Waals surface area contributed by atoms with E-state index in [1.54, 1.807) is 0 Å². The van der Waals surface area contributed by atoms with Crippen LogP contribution in [0.4, 0.5) is 13.2 Å². The number of hydrogen-bond donors (Lipinski definition) is 1. The van der Waals surface area contributed by atoms with Gasteiger partial charge in [0.1, 0.15) is 0 Å². The van der Waals surface area contributed by atoms with Crippen LogP contribution >= 0.6 is 0 Å². The molecule has 98 valence electrons. The Morgan fingerprint density at radius 1 is 1.32 bits per heavy atom. The molecule has 0 unspecified atom stereocenters. The highest BCUT2D eigenvalue weighted by atomic mass is 19.4. The highest BCUT2D eigenvalue weighted by Gasteiger charge is 2.33. The summed E-state index contributed by atoms with van der Waals surface area (Å²) in [6.45, 7) is 0. The maximum atomic E-state index is 12.7. The van der Waals surface area contributed by atoms with Crippen LogP contribution in [0, 0.1) is 11.3 Å². The van der Waals surface area contributed by atoms with Gasteiger partial charge >= 0.3 is 6.18 Å². The molecule has 1 aliphatic rings. The van der Waals surface area contributed by atoms with Crippen molar-refractivity contribution in [1.82, 2.24) is 0 Å². The highest BCUT2D eigenvalue weighted by molar-refractivity contribution is 6.00. The van der Waals surface area contributed by atoms with Crippen LogP contribution in [0.3, 0.4) is 0 Å². The molecule has 0 atom stereocenters. The Morgan fingerprint density at radius 3 is 2.53 bits per heavy atom. The summed E-state index contributed by atoms with van der Waals surface area (Å²) in [5.74, 6) is -0.522. The van der Waals surface area contributed by atoms with Crippen LogP contribution in [0.5, 0.6) is 0 Å². The van der Waals surface area contributed by atoms with E-state index in [-0.39, 0.29) is 16.7 Å². The second-order valence-electron chi connectivity index (χ2n) is 3.85. The molecule has 1 aliphatic carbocycles. The Morgan fingerprint density at radius 2 is 2.00 bits per heavy atom. The molecule has 0 radical (unpaired) electrons. The molecule has 6 heteroatoms. The lowest BCUT2D eigenvalue weighted by molar-refractivity contribution is -0.137. The van der Waals surface area contributed by atoms with E-state index in [2.05, 4.69) is 4.74 Å². The summed E-state index contributed by atoms with van der Waals surface area (Å²) in [6.07, 6.45) is -3.19. The number of aliphatic hydroxyl groups is 1. The van der Waals surface area contributed by atoms with Gasteiger partial charge in [0.2, 0.25) is 0 Å². The van der Waals surface area contributed by atoms with Crippen LogP contribution < -0.4 is 0 Å². The third-order valence-electron chi connectivity index (χ3n) is 2.76. The van der Waals surface area contributed by atoms with Crippen LogP contribution in [0.1, 0.15) is 16.7 Å². The summed E-state index contributed by atoms with van der Waals surface area (Å²) in [5.41, 5.74) is -0.123. The first-order valence-corrected chi connectivity index (χ1v) is 5.19. The fourth-order valence-electron chi connectivity index (χ4n) is 1.86. The van der Waals surface area contributed by atoms with Crippen LogP contribution in [-0.4, -0.2) is 12.2 Å². The van der Waals surface area contributed by atoms with Gasteiger partial charge in [-0.15, -0.1) is 0 Å². The predicted molar refractivity (Wildman–Crippen MR) is 61.6 cm³/mol. The maximum absolute atomic E-state index is 12.7. The standard InChI is InChI=1S/C13H8F3NO2/c1-19-12(18)11-4-7(6-17)9-3-2-8(5-10(9)11)13(14,15)16/h2-5,18H,1H3/b12-11+. The quantitative estimate of drug-likeness (QED) is 0.792. The monoisotopic (exact) mass is 267 g/mol.